The normalized spacial score (nSPS) is 28.8. The molecule has 1 saturated heterocycles. The average Bonchev–Trinajstić information content (AvgIpc) is 2.23. The van der Waals surface area contributed by atoms with E-state index in [0.717, 1.165) is 25.9 Å². The molecule has 0 aromatic carbocycles. The Morgan fingerprint density at radius 1 is 1.50 bits per heavy atom. The van der Waals surface area contributed by atoms with Crippen molar-refractivity contribution in [1.82, 2.24) is 10.3 Å². The van der Waals surface area contributed by atoms with Gasteiger partial charge in [0.25, 0.3) is 5.91 Å². The largest absolute Gasteiger partial charge is 0.373 e. The van der Waals surface area contributed by atoms with Crippen LogP contribution in [0.5, 0.6) is 0 Å². The maximum atomic E-state index is 11.7. The quantitative estimate of drug-likeness (QED) is 0.412. The lowest BCUT2D eigenvalue weighted by Gasteiger charge is -2.39. The van der Waals surface area contributed by atoms with Crippen LogP contribution in [0.2, 0.25) is 0 Å². The molecule has 0 bridgehead atoms. The van der Waals surface area contributed by atoms with E-state index >= 15 is 0 Å². The molecule has 0 unspecified atom stereocenters. The monoisotopic (exact) mass is 229 g/mol. The number of ether oxygens (including phenoxy) is 1. The van der Waals surface area contributed by atoms with Crippen LogP contribution in [0.3, 0.4) is 0 Å². The summed E-state index contributed by atoms with van der Waals surface area (Å²) in [5.74, 6) is 5.13. The molecule has 0 radical (unpaired) electrons. The smallest absolute Gasteiger partial charge is 0.251 e. The number of morpholine rings is 1. The molecule has 0 aliphatic carbocycles. The fourth-order valence-corrected chi connectivity index (χ4v) is 2.32. The molecule has 1 rings (SSSR count). The first-order valence-corrected chi connectivity index (χ1v) is 5.98. The van der Waals surface area contributed by atoms with Crippen LogP contribution in [-0.2, 0) is 9.53 Å². The predicted molar refractivity (Wildman–Crippen MR) is 62.6 cm³/mol. The minimum Gasteiger partial charge on any atom is -0.373 e. The molecule has 0 saturated carbocycles. The second-order valence-electron chi connectivity index (χ2n) is 4.52. The van der Waals surface area contributed by atoms with Gasteiger partial charge in [-0.3, -0.25) is 15.1 Å². The van der Waals surface area contributed by atoms with Gasteiger partial charge in [0.05, 0.1) is 18.2 Å². The lowest BCUT2D eigenvalue weighted by atomic mass is 10.1. The molecule has 1 aliphatic heterocycles. The number of amides is 1. The summed E-state index contributed by atoms with van der Waals surface area (Å²) in [6.45, 7) is 7.73. The number of carbonyl (C=O) groups excluding carboxylic acids is 1. The Hall–Kier alpha value is -0.650. The molecule has 0 aromatic rings. The average molecular weight is 229 g/mol. The number of nitrogens with two attached hydrogens (primary N) is 1. The molecule has 94 valence electrons. The Labute approximate surface area is 97.3 Å². The molecular weight excluding hydrogens is 206 g/mol. The Morgan fingerprint density at radius 2 is 2.06 bits per heavy atom. The molecule has 3 N–H and O–H groups in total. The Morgan fingerprint density at radius 3 is 2.50 bits per heavy atom. The van der Waals surface area contributed by atoms with Gasteiger partial charge in [-0.1, -0.05) is 13.3 Å². The second-order valence-corrected chi connectivity index (χ2v) is 4.52. The Bertz CT molecular complexity index is 225. The highest BCUT2D eigenvalue weighted by Gasteiger charge is 2.31. The Kier molecular flexibility index (Phi) is 5.18. The van der Waals surface area contributed by atoms with Crippen LogP contribution in [0.25, 0.3) is 0 Å². The summed E-state index contributed by atoms with van der Waals surface area (Å²) >= 11 is 0. The zero-order chi connectivity index (χ0) is 12.1. The van der Waals surface area contributed by atoms with E-state index in [1.807, 2.05) is 13.8 Å². The third kappa shape index (κ3) is 3.43. The van der Waals surface area contributed by atoms with E-state index in [1.54, 1.807) is 0 Å². The van der Waals surface area contributed by atoms with E-state index in [4.69, 9.17) is 10.6 Å². The van der Waals surface area contributed by atoms with E-state index in [1.165, 1.54) is 0 Å². The van der Waals surface area contributed by atoms with Gasteiger partial charge in [-0.15, -0.1) is 0 Å². The van der Waals surface area contributed by atoms with Crippen molar-refractivity contribution in [1.29, 1.82) is 0 Å². The molecule has 16 heavy (non-hydrogen) atoms. The van der Waals surface area contributed by atoms with Gasteiger partial charge >= 0.3 is 0 Å². The van der Waals surface area contributed by atoms with Crippen LogP contribution in [-0.4, -0.2) is 42.1 Å². The highest BCUT2D eigenvalue weighted by atomic mass is 16.5. The van der Waals surface area contributed by atoms with E-state index < -0.39 is 0 Å². The number of nitrogens with zero attached hydrogens (tertiary/aromatic N) is 1. The fourth-order valence-electron chi connectivity index (χ4n) is 2.32. The zero-order valence-corrected chi connectivity index (χ0v) is 10.4. The van der Waals surface area contributed by atoms with Gasteiger partial charge in [-0.2, -0.15) is 0 Å². The number of rotatable bonds is 4. The van der Waals surface area contributed by atoms with Crippen LogP contribution >= 0.6 is 0 Å². The highest BCUT2D eigenvalue weighted by Crippen LogP contribution is 2.16. The Balaban J connectivity index is 2.65. The summed E-state index contributed by atoms with van der Waals surface area (Å²) in [6, 6.07) is -0.121. The van der Waals surface area contributed by atoms with Gasteiger partial charge in [0, 0.05) is 13.1 Å². The molecule has 3 atom stereocenters. The number of carbonyl (C=O) groups is 1. The molecule has 5 nitrogen and oxygen atoms in total. The summed E-state index contributed by atoms with van der Waals surface area (Å²) in [6.07, 6.45) is 2.16. The molecule has 1 aliphatic rings. The van der Waals surface area contributed by atoms with Gasteiger partial charge in [0.1, 0.15) is 0 Å². The zero-order valence-electron chi connectivity index (χ0n) is 10.4. The van der Waals surface area contributed by atoms with Crippen LogP contribution in [0.1, 0.15) is 33.6 Å². The van der Waals surface area contributed by atoms with Crippen molar-refractivity contribution >= 4 is 5.91 Å². The maximum absolute atomic E-state index is 11.7. The van der Waals surface area contributed by atoms with Crippen LogP contribution in [0.15, 0.2) is 0 Å². The first-order valence-electron chi connectivity index (χ1n) is 5.98. The van der Waals surface area contributed by atoms with Crippen molar-refractivity contribution in [2.24, 2.45) is 5.84 Å². The second kappa shape index (κ2) is 6.18. The van der Waals surface area contributed by atoms with Gasteiger partial charge < -0.3 is 4.74 Å². The van der Waals surface area contributed by atoms with Crippen molar-refractivity contribution in [3.63, 3.8) is 0 Å². The fraction of sp³-hybridized carbons (Fsp3) is 0.909. The lowest BCUT2D eigenvalue weighted by molar-refractivity contribution is -0.133. The van der Waals surface area contributed by atoms with Gasteiger partial charge in [-0.25, -0.2) is 5.84 Å². The number of hydrogen-bond acceptors (Lipinski definition) is 4. The number of nitrogens with one attached hydrogen (secondary N) is 1. The first-order chi connectivity index (χ1) is 7.58. The van der Waals surface area contributed by atoms with Crippen molar-refractivity contribution in [2.45, 2.75) is 51.9 Å². The molecule has 5 heteroatoms. The summed E-state index contributed by atoms with van der Waals surface area (Å²) in [7, 11) is 0. The minimum atomic E-state index is -0.121. The van der Waals surface area contributed by atoms with Gasteiger partial charge in [0.2, 0.25) is 0 Å². The standard InChI is InChI=1S/C11H23N3O2/c1-4-5-10(11(15)13-12)14-6-8(2)16-9(3)7-14/h8-10H,4-7,12H2,1-3H3,(H,13,15)/t8-,9+,10-/m0/s1. The summed E-state index contributed by atoms with van der Waals surface area (Å²) in [5, 5.41) is 0. The minimum absolute atomic E-state index is 0.0943. The summed E-state index contributed by atoms with van der Waals surface area (Å²) in [5.41, 5.74) is 2.26. The maximum Gasteiger partial charge on any atom is 0.251 e. The highest BCUT2D eigenvalue weighted by molar-refractivity contribution is 5.81. The van der Waals surface area contributed by atoms with Crippen molar-refractivity contribution in [3.05, 3.63) is 0 Å². The van der Waals surface area contributed by atoms with Crippen molar-refractivity contribution < 1.29 is 9.53 Å². The van der Waals surface area contributed by atoms with E-state index in [-0.39, 0.29) is 24.2 Å². The van der Waals surface area contributed by atoms with Crippen LogP contribution in [0, 0.1) is 0 Å². The molecule has 1 heterocycles. The first kappa shape index (κ1) is 13.4. The predicted octanol–water partition coefficient (Wildman–Crippen LogP) is 0.254. The molecular formula is C11H23N3O2. The van der Waals surface area contributed by atoms with E-state index in [9.17, 15) is 4.79 Å². The SMILES string of the molecule is CCC[C@@H](C(=O)NN)N1C[C@@H](C)O[C@@H](C)C1. The van der Waals surface area contributed by atoms with Gasteiger partial charge in [-0.05, 0) is 20.3 Å². The van der Waals surface area contributed by atoms with E-state index in [0.29, 0.717) is 0 Å². The van der Waals surface area contributed by atoms with Crippen molar-refractivity contribution in [3.8, 4) is 0 Å². The van der Waals surface area contributed by atoms with E-state index in [2.05, 4.69) is 17.2 Å². The van der Waals surface area contributed by atoms with Gasteiger partial charge in [0.15, 0.2) is 0 Å². The van der Waals surface area contributed by atoms with Crippen LogP contribution < -0.4 is 11.3 Å². The molecule has 0 aromatic heterocycles. The third-order valence-electron chi connectivity index (χ3n) is 2.90. The molecule has 1 fully saturated rings. The summed E-state index contributed by atoms with van der Waals surface area (Å²) in [4.78, 5) is 13.9. The summed E-state index contributed by atoms with van der Waals surface area (Å²) < 4.78 is 5.65. The lowest BCUT2D eigenvalue weighted by Crippen LogP contribution is -2.56. The topological polar surface area (TPSA) is 67.6 Å². The van der Waals surface area contributed by atoms with Crippen LogP contribution in [0.4, 0.5) is 0 Å². The molecule has 0 spiro atoms. The number of hydrazine groups is 1. The number of hydrogen-bond donors (Lipinski definition) is 2. The molecule has 1 amide bonds. The third-order valence-corrected chi connectivity index (χ3v) is 2.90. The van der Waals surface area contributed by atoms with Crippen molar-refractivity contribution in [2.75, 3.05) is 13.1 Å².